The monoisotopic (exact) mass is 409 g/mol. The third-order valence-electron chi connectivity index (χ3n) is 4.33. The van der Waals surface area contributed by atoms with Crippen molar-refractivity contribution in [3.05, 3.63) is 76.5 Å². The molecular weight excluding hydrogens is 386 g/mol. The molecule has 0 saturated heterocycles. The molecule has 0 spiro atoms. The minimum Gasteiger partial charge on any atom is -0.497 e. The summed E-state index contributed by atoms with van der Waals surface area (Å²) in [6, 6.07) is 15.5. The van der Waals surface area contributed by atoms with Crippen molar-refractivity contribution < 1.29 is 19.0 Å². The Morgan fingerprint density at radius 2 is 1.73 bits per heavy atom. The van der Waals surface area contributed by atoms with Crippen LogP contribution in [0.2, 0.25) is 0 Å². The summed E-state index contributed by atoms with van der Waals surface area (Å²) in [7, 11) is 3.11. The Labute approximate surface area is 174 Å². The minimum atomic E-state index is -0.377. The number of rotatable bonds is 8. The number of hydrogen-bond acceptors (Lipinski definition) is 6. The van der Waals surface area contributed by atoms with E-state index in [1.165, 1.54) is 17.7 Å². The molecule has 1 heterocycles. The fraction of sp³-hybridized carbons (Fsp3) is 0.227. The van der Waals surface area contributed by atoms with Gasteiger partial charge in [0.1, 0.15) is 36.2 Å². The number of nitrogens with zero attached hydrogens (tertiary/aromatic N) is 2. The van der Waals surface area contributed by atoms with Crippen LogP contribution >= 0.6 is 0 Å². The van der Waals surface area contributed by atoms with Gasteiger partial charge < -0.3 is 19.5 Å². The molecule has 0 aliphatic carbocycles. The fourth-order valence-electron chi connectivity index (χ4n) is 2.86. The lowest BCUT2D eigenvalue weighted by Crippen LogP contribution is -2.31. The fourth-order valence-corrected chi connectivity index (χ4v) is 2.86. The van der Waals surface area contributed by atoms with Crippen LogP contribution in [0.3, 0.4) is 0 Å². The lowest BCUT2D eigenvalue weighted by Gasteiger charge is -2.14. The van der Waals surface area contributed by atoms with Gasteiger partial charge in [0.15, 0.2) is 0 Å². The Morgan fingerprint density at radius 3 is 2.43 bits per heavy atom. The molecule has 0 fully saturated rings. The van der Waals surface area contributed by atoms with Gasteiger partial charge in [-0.25, -0.2) is 4.98 Å². The lowest BCUT2D eigenvalue weighted by atomic mass is 10.3. The molecule has 0 unspecified atom stereocenters. The Kier molecular flexibility index (Phi) is 6.69. The van der Waals surface area contributed by atoms with Gasteiger partial charge in [0, 0.05) is 11.8 Å². The number of methoxy groups -OCH3 is 2. The van der Waals surface area contributed by atoms with Crippen LogP contribution < -0.4 is 25.1 Å². The highest BCUT2D eigenvalue weighted by atomic mass is 16.5. The third kappa shape index (κ3) is 5.16. The van der Waals surface area contributed by atoms with Crippen molar-refractivity contribution >= 4 is 11.6 Å². The molecule has 0 saturated carbocycles. The Hall–Kier alpha value is -3.81. The van der Waals surface area contributed by atoms with Gasteiger partial charge in [-0.05, 0) is 43.3 Å². The van der Waals surface area contributed by atoms with E-state index in [-0.39, 0.29) is 24.6 Å². The van der Waals surface area contributed by atoms with E-state index in [1.54, 1.807) is 62.6 Å². The van der Waals surface area contributed by atoms with Gasteiger partial charge in [-0.1, -0.05) is 12.1 Å². The summed E-state index contributed by atoms with van der Waals surface area (Å²) in [5.41, 5.74) is 0.745. The molecule has 8 nitrogen and oxygen atoms in total. The van der Waals surface area contributed by atoms with Gasteiger partial charge in [-0.15, -0.1) is 0 Å². The molecule has 1 N–H and O–H groups in total. The van der Waals surface area contributed by atoms with Crippen LogP contribution in [0.4, 0.5) is 5.69 Å². The lowest BCUT2D eigenvalue weighted by molar-refractivity contribution is -0.116. The molecule has 3 aromatic rings. The Bertz CT molecular complexity index is 1080. The first kappa shape index (κ1) is 20.9. The molecule has 0 bridgehead atoms. The van der Waals surface area contributed by atoms with E-state index in [4.69, 9.17) is 14.2 Å². The number of aryl methyl sites for hydroxylation is 1. The maximum atomic E-state index is 12.6. The first-order valence-electron chi connectivity index (χ1n) is 9.27. The predicted molar refractivity (Wildman–Crippen MR) is 112 cm³/mol. The number of benzene rings is 2. The third-order valence-corrected chi connectivity index (χ3v) is 4.33. The number of amides is 1. The van der Waals surface area contributed by atoms with E-state index >= 15 is 0 Å². The van der Waals surface area contributed by atoms with Gasteiger partial charge in [-0.3, -0.25) is 14.2 Å². The second-order valence-electron chi connectivity index (χ2n) is 6.45. The van der Waals surface area contributed by atoms with Gasteiger partial charge in [-0.2, -0.15) is 0 Å². The number of nitrogens with one attached hydrogen (secondary N) is 1. The second kappa shape index (κ2) is 9.60. The summed E-state index contributed by atoms with van der Waals surface area (Å²) in [4.78, 5) is 29.5. The normalized spacial score (nSPS) is 10.4. The van der Waals surface area contributed by atoms with Crippen LogP contribution in [0.15, 0.2) is 59.4 Å². The maximum Gasteiger partial charge on any atom is 0.254 e. The van der Waals surface area contributed by atoms with E-state index in [0.29, 0.717) is 34.5 Å². The van der Waals surface area contributed by atoms with E-state index in [1.807, 2.05) is 0 Å². The van der Waals surface area contributed by atoms with Gasteiger partial charge >= 0.3 is 0 Å². The summed E-state index contributed by atoms with van der Waals surface area (Å²) < 4.78 is 17.4. The zero-order valence-corrected chi connectivity index (χ0v) is 17.0. The average molecular weight is 409 g/mol. The molecule has 0 atom stereocenters. The molecule has 2 aromatic carbocycles. The molecule has 0 aliphatic heterocycles. The van der Waals surface area contributed by atoms with Crippen molar-refractivity contribution in [3.8, 4) is 17.2 Å². The predicted octanol–water partition coefficient (Wildman–Crippen LogP) is 2.79. The molecule has 156 valence electrons. The van der Waals surface area contributed by atoms with Crippen LogP contribution in [0.1, 0.15) is 11.5 Å². The Balaban J connectivity index is 1.76. The zero-order chi connectivity index (χ0) is 21.5. The van der Waals surface area contributed by atoms with Crippen LogP contribution in [0, 0.1) is 6.92 Å². The van der Waals surface area contributed by atoms with Crippen molar-refractivity contribution in [2.24, 2.45) is 0 Å². The number of anilines is 1. The van der Waals surface area contributed by atoms with E-state index in [2.05, 4.69) is 10.3 Å². The van der Waals surface area contributed by atoms with E-state index in [0.717, 1.165) is 0 Å². The van der Waals surface area contributed by atoms with Crippen LogP contribution in [-0.2, 0) is 17.9 Å². The van der Waals surface area contributed by atoms with E-state index < -0.39 is 0 Å². The highest BCUT2D eigenvalue weighted by molar-refractivity contribution is 5.92. The smallest absolute Gasteiger partial charge is 0.254 e. The second-order valence-corrected chi connectivity index (χ2v) is 6.45. The maximum absolute atomic E-state index is 12.6. The van der Waals surface area contributed by atoms with Gasteiger partial charge in [0.05, 0.1) is 19.9 Å². The first-order valence-corrected chi connectivity index (χ1v) is 9.27. The van der Waals surface area contributed by atoms with Gasteiger partial charge in [0.2, 0.25) is 5.91 Å². The number of hydrogen-bond donors (Lipinski definition) is 1. The molecule has 0 radical (unpaired) electrons. The molecule has 1 amide bonds. The summed E-state index contributed by atoms with van der Waals surface area (Å²) in [6.07, 6.45) is 0. The van der Waals surface area contributed by atoms with Crippen LogP contribution in [0.5, 0.6) is 17.2 Å². The molecular formula is C22H23N3O5. The van der Waals surface area contributed by atoms with Crippen molar-refractivity contribution in [1.29, 1.82) is 0 Å². The van der Waals surface area contributed by atoms with Gasteiger partial charge in [0.25, 0.3) is 5.56 Å². The topological polar surface area (TPSA) is 91.7 Å². The number of ether oxygens (including phenoxy) is 3. The Morgan fingerprint density at radius 1 is 1.03 bits per heavy atom. The summed E-state index contributed by atoms with van der Waals surface area (Å²) >= 11 is 0. The number of carbonyl (C=O) groups excluding carboxylic acids is 1. The number of aromatic nitrogens is 2. The summed E-state index contributed by atoms with van der Waals surface area (Å²) in [5.74, 6) is 1.81. The van der Waals surface area contributed by atoms with Crippen molar-refractivity contribution in [2.45, 2.75) is 20.1 Å². The van der Waals surface area contributed by atoms with Crippen LogP contribution in [-0.4, -0.2) is 29.7 Å². The standard InChI is InChI=1S/C22H23N3O5/c1-15-12-22(27)25(13-21(26)24-18-6-4-5-7-19(18)29-3)20(23-15)14-30-17-10-8-16(28-2)9-11-17/h4-12H,13-14H2,1-3H3,(H,24,26). The van der Waals surface area contributed by atoms with Crippen LogP contribution in [0.25, 0.3) is 0 Å². The molecule has 8 heteroatoms. The highest BCUT2D eigenvalue weighted by Crippen LogP contribution is 2.23. The zero-order valence-electron chi connectivity index (χ0n) is 17.0. The molecule has 3 rings (SSSR count). The number of para-hydroxylation sites is 2. The molecule has 1 aromatic heterocycles. The average Bonchev–Trinajstić information content (AvgIpc) is 2.75. The van der Waals surface area contributed by atoms with Crippen molar-refractivity contribution in [2.75, 3.05) is 19.5 Å². The molecule has 0 aliphatic rings. The highest BCUT2D eigenvalue weighted by Gasteiger charge is 2.14. The largest absolute Gasteiger partial charge is 0.497 e. The van der Waals surface area contributed by atoms with Crippen molar-refractivity contribution in [1.82, 2.24) is 9.55 Å². The summed E-state index contributed by atoms with van der Waals surface area (Å²) in [5, 5.41) is 2.76. The summed E-state index contributed by atoms with van der Waals surface area (Å²) in [6.45, 7) is 1.55. The first-order chi connectivity index (χ1) is 14.5. The molecule has 30 heavy (non-hydrogen) atoms. The quantitative estimate of drug-likeness (QED) is 0.615. The number of carbonyl (C=O) groups is 1. The SMILES string of the molecule is COc1ccc(OCc2nc(C)cc(=O)n2CC(=O)Nc2ccccc2OC)cc1. The van der Waals surface area contributed by atoms with E-state index in [9.17, 15) is 9.59 Å². The van der Waals surface area contributed by atoms with Crippen molar-refractivity contribution in [3.63, 3.8) is 0 Å². The minimum absolute atomic E-state index is 0.0329.